The van der Waals surface area contributed by atoms with Crippen molar-refractivity contribution in [3.63, 3.8) is 0 Å². The van der Waals surface area contributed by atoms with Crippen LogP contribution in [0, 0.1) is 0 Å². The molecule has 0 heterocycles. The summed E-state index contributed by atoms with van der Waals surface area (Å²) in [5, 5.41) is 0. The second-order valence-corrected chi connectivity index (χ2v) is 4.12. The van der Waals surface area contributed by atoms with Crippen molar-refractivity contribution < 1.29 is 4.79 Å². The van der Waals surface area contributed by atoms with E-state index >= 15 is 0 Å². The standard InChI is InChI=1S/C15H15NO/c1-11(12-5-3-2-4-6-12)15(17)13-7-9-14(16)10-8-13/h2-11H,16H2,1H3. The van der Waals surface area contributed by atoms with Crippen molar-refractivity contribution in [2.24, 2.45) is 0 Å². The molecule has 2 aromatic carbocycles. The molecular weight excluding hydrogens is 210 g/mol. The van der Waals surface area contributed by atoms with Crippen LogP contribution in [0.3, 0.4) is 0 Å². The smallest absolute Gasteiger partial charge is 0.170 e. The maximum absolute atomic E-state index is 12.2. The molecule has 0 saturated heterocycles. The number of Topliss-reactive ketones (excluding diaryl/α,β-unsaturated/α-hetero) is 1. The minimum Gasteiger partial charge on any atom is -0.399 e. The first-order valence-corrected chi connectivity index (χ1v) is 5.63. The first-order chi connectivity index (χ1) is 8.18. The molecule has 86 valence electrons. The van der Waals surface area contributed by atoms with Gasteiger partial charge in [-0.3, -0.25) is 4.79 Å². The van der Waals surface area contributed by atoms with Crippen molar-refractivity contribution >= 4 is 11.5 Å². The molecule has 0 bridgehead atoms. The lowest BCUT2D eigenvalue weighted by atomic mass is 9.92. The zero-order valence-corrected chi connectivity index (χ0v) is 9.76. The average molecular weight is 225 g/mol. The topological polar surface area (TPSA) is 43.1 Å². The second-order valence-electron chi connectivity index (χ2n) is 4.12. The summed E-state index contributed by atoms with van der Waals surface area (Å²) >= 11 is 0. The summed E-state index contributed by atoms with van der Waals surface area (Å²) in [5.41, 5.74) is 8.02. The van der Waals surface area contributed by atoms with E-state index in [9.17, 15) is 4.79 Å². The lowest BCUT2D eigenvalue weighted by Gasteiger charge is -2.10. The van der Waals surface area contributed by atoms with E-state index < -0.39 is 0 Å². The van der Waals surface area contributed by atoms with Gasteiger partial charge in [0, 0.05) is 17.2 Å². The Hall–Kier alpha value is -2.09. The van der Waals surface area contributed by atoms with Gasteiger partial charge < -0.3 is 5.73 Å². The number of nitrogen functional groups attached to an aromatic ring is 1. The lowest BCUT2D eigenvalue weighted by Crippen LogP contribution is -2.09. The maximum Gasteiger partial charge on any atom is 0.170 e. The lowest BCUT2D eigenvalue weighted by molar-refractivity contribution is 0.0966. The molecule has 0 aliphatic rings. The monoisotopic (exact) mass is 225 g/mol. The van der Waals surface area contributed by atoms with Crippen LogP contribution in [0.1, 0.15) is 28.8 Å². The number of benzene rings is 2. The molecule has 0 radical (unpaired) electrons. The van der Waals surface area contributed by atoms with E-state index in [0.717, 1.165) is 5.56 Å². The fourth-order valence-corrected chi connectivity index (χ4v) is 1.79. The van der Waals surface area contributed by atoms with Crippen LogP contribution >= 0.6 is 0 Å². The summed E-state index contributed by atoms with van der Waals surface area (Å²) in [4.78, 5) is 12.2. The predicted molar refractivity (Wildman–Crippen MR) is 70.0 cm³/mol. The molecule has 0 aliphatic carbocycles. The third kappa shape index (κ3) is 2.53. The summed E-state index contributed by atoms with van der Waals surface area (Å²) in [6, 6.07) is 16.8. The van der Waals surface area contributed by atoms with Crippen LogP contribution in [-0.2, 0) is 0 Å². The van der Waals surface area contributed by atoms with Crippen LogP contribution in [0.5, 0.6) is 0 Å². The first kappa shape index (κ1) is 11.4. The van der Waals surface area contributed by atoms with E-state index in [-0.39, 0.29) is 11.7 Å². The third-order valence-corrected chi connectivity index (χ3v) is 2.89. The number of hydrogen-bond acceptors (Lipinski definition) is 2. The van der Waals surface area contributed by atoms with Gasteiger partial charge in [0.15, 0.2) is 5.78 Å². The van der Waals surface area contributed by atoms with Crippen LogP contribution in [0.4, 0.5) is 5.69 Å². The Bertz CT molecular complexity index is 502. The number of nitrogens with two attached hydrogens (primary N) is 1. The molecule has 0 amide bonds. The van der Waals surface area contributed by atoms with Gasteiger partial charge >= 0.3 is 0 Å². The Labute approximate surface area is 101 Å². The van der Waals surface area contributed by atoms with Gasteiger partial charge in [-0.05, 0) is 29.8 Å². The van der Waals surface area contributed by atoms with E-state index in [4.69, 9.17) is 5.73 Å². The summed E-state index contributed by atoms with van der Waals surface area (Å²) in [5.74, 6) is -0.00368. The van der Waals surface area contributed by atoms with Crippen molar-refractivity contribution in [2.45, 2.75) is 12.8 Å². The molecular formula is C15H15NO. The Morgan fingerprint density at radius 2 is 1.59 bits per heavy atom. The molecule has 2 aromatic rings. The maximum atomic E-state index is 12.2. The Morgan fingerprint density at radius 1 is 1.00 bits per heavy atom. The van der Waals surface area contributed by atoms with Gasteiger partial charge in [-0.25, -0.2) is 0 Å². The van der Waals surface area contributed by atoms with Crippen LogP contribution in [0.2, 0.25) is 0 Å². The minimum absolute atomic E-state index is 0.121. The highest BCUT2D eigenvalue weighted by molar-refractivity contribution is 6.00. The third-order valence-electron chi connectivity index (χ3n) is 2.89. The molecule has 17 heavy (non-hydrogen) atoms. The largest absolute Gasteiger partial charge is 0.399 e. The van der Waals surface area contributed by atoms with Crippen molar-refractivity contribution in [1.82, 2.24) is 0 Å². The highest BCUT2D eigenvalue weighted by atomic mass is 16.1. The molecule has 2 heteroatoms. The molecule has 2 N–H and O–H groups in total. The van der Waals surface area contributed by atoms with Crippen molar-refractivity contribution in [1.29, 1.82) is 0 Å². The SMILES string of the molecule is CC(C(=O)c1ccc(N)cc1)c1ccccc1. The van der Waals surface area contributed by atoms with E-state index in [2.05, 4.69) is 0 Å². The fourth-order valence-electron chi connectivity index (χ4n) is 1.79. The number of ketones is 1. The zero-order chi connectivity index (χ0) is 12.3. The molecule has 0 aliphatic heterocycles. The molecule has 0 saturated carbocycles. The van der Waals surface area contributed by atoms with Crippen LogP contribution in [0.15, 0.2) is 54.6 Å². The summed E-state index contributed by atoms with van der Waals surface area (Å²) in [6.45, 7) is 1.92. The molecule has 1 atom stereocenters. The minimum atomic E-state index is -0.125. The Morgan fingerprint density at radius 3 is 2.18 bits per heavy atom. The van der Waals surface area contributed by atoms with Crippen molar-refractivity contribution in [3.05, 3.63) is 65.7 Å². The molecule has 0 fully saturated rings. The van der Waals surface area contributed by atoms with Gasteiger partial charge in [-0.1, -0.05) is 37.3 Å². The predicted octanol–water partition coefficient (Wildman–Crippen LogP) is 3.26. The van der Waals surface area contributed by atoms with Crippen molar-refractivity contribution in [3.8, 4) is 0 Å². The number of rotatable bonds is 3. The molecule has 2 nitrogen and oxygen atoms in total. The second kappa shape index (κ2) is 4.83. The fraction of sp³-hybridized carbons (Fsp3) is 0.133. The highest BCUT2D eigenvalue weighted by Gasteiger charge is 2.16. The molecule has 0 aromatic heterocycles. The van der Waals surface area contributed by atoms with E-state index in [0.29, 0.717) is 11.3 Å². The normalized spacial score (nSPS) is 12.1. The summed E-state index contributed by atoms with van der Waals surface area (Å²) in [7, 11) is 0. The van der Waals surface area contributed by atoms with Gasteiger partial charge in [-0.2, -0.15) is 0 Å². The van der Waals surface area contributed by atoms with Crippen molar-refractivity contribution in [2.75, 3.05) is 5.73 Å². The first-order valence-electron chi connectivity index (χ1n) is 5.63. The Kier molecular flexibility index (Phi) is 3.24. The van der Waals surface area contributed by atoms with E-state index in [1.807, 2.05) is 37.3 Å². The zero-order valence-electron chi connectivity index (χ0n) is 9.76. The molecule has 1 unspecified atom stereocenters. The number of carbonyl (C=O) groups excluding carboxylic acids is 1. The number of hydrogen-bond donors (Lipinski definition) is 1. The average Bonchev–Trinajstić information content (AvgIpc) is 2.39. The van der Waals surface area contributed by atoms with Gasteiger partial charge in [0.05, 0.1) is 0 Å². The molecule has 2 rings (SSSR count). The van der Waals surface area contributed by atoms with Gasteiger partial charge in [0.25, 0.3) is 0 Å². The van der Waals surface area contributed by atoms with Crippen LogP contribution in [0.25, 0.3) is 0 Å². The molecule has 0 spiro atoms. The summed E-state index contributed by atoms with van der Waals surface area (Å²) < 4.78 is 0. The van der Waals surface area contributed by atoms with Gasteiger partial charge in [0.1, 0.15) is 0 Å². The van der Waals surface area contributed by atoms with E-state index in [1.54, 1.807) is 24.3 Å². The van der Waals surface area contributed by atoms with Crippen LogP contribution < -0.4 is 5.73 Å². The van der Waals surface area contributed by atoms with Gasteiger partial charge in [0.2, 0.25) is 0 Å². The number of anilines is 1. The quantitative estimate of drug-likeness (QED) is 0.643. The van der Waals surface area contributed by atoms with Gasteiger partial charge in [-0.15, -0.1) is 0 Å². The summed E-state index contributed by atoms with van der Waals surface area (Å²) in [6.07, 6.45) is 0. The number of carbonyl (C=O) groups is 1. The Balaban J connectivity index is 2.23. The highest BCUT2D eigenvalue weighted by Crippen LogP contribution is 2.20. The van der Waals surface area contributed by atoms with E-state index in [1.165, 1.54) is 0 Å². The van der Waals surface area contributed by atoms with Crippen LogP contribution in [-0.4, -0.2) is 5.78 Å².